The minimum Gasteiger partial charge on any atom is -0.497 e. The first kappa shape index (κ1) is 31.3. The second-order valence-corrected chi connectivity index (χ2v) is 12.0. The van der Waals surface area contributed by atoms with Crippen LogP contribution in [-0.4, -0.2) is 50.9 Å². The Bertz CT molecular complexity index is 1430. The predicted molar refractivity (Wildman–Crippen MR) is 158 cm³/mol. The molecule has 40 heavy (non-hydrogen) atoms. The van der Waals surface area contributed by atoms with Crippen LogP contribution in [0.25, 0.3) is 0 Å². The van der Waals surface area contributed by atoms with Crippen LogP contribution in [0.5, 0.6) is 5.75 Å². The lowest BCUT2D eigenvalue weighted by molar-refractivity contribution is -0.139. The van der Waals surface area contributed by atoms with Crippen LogP contribution in [0.2, 0.25) is 10.0 Å². The number of hydrogen-bond donors (Lipinski definition) is 1. The number of ether oxygens (including phenoxy) is 1. The zero-order valence-corrected chi connectivity index (χ0v) is 25.1. The van der Waals surface area contributed by atoms with Crippen molar-refractivity contribution in [3.63, 3.8) is 0 Å². The lowest BCUT2D eigenvalue weighted by atomic mass is 10.1. The van der Waals surface area contributed by atoms with Gasteiger partial charge in [-0.3, -0.25) is 13.9 Å². The Kier molecular flexibility index (Phi) is 10.8. The van der Waals surface area contributed by atoms with Gasteiger partial charge in [-0.15, -0.1) is 0 Å². The molecule has 3 aromatic carbocycles. The molecule has 3 aromatic rings. The van der Waals surface area contributed by atoms with Crippen LogP contribution in [-0.2, 0) is 26.2 Å². The number of amides is 2. The molecule has 0 spiro atoms. The van der Waals surface area contributed by atoms with E-state index in [2.05, 4.69) is 5.32 Å². The highest BCUT2D eigenvalue weighted by atomic mass is 35.5. The largest absolute Gasteiger partial charge is 0.497 e. The average molecular weight is 607 g/mol. The van der Waals surface area contributed by atoms with Gasteiger partial charge >= 0.3 is 0 Å². The molecular weight excluding hydrogens is 573 g/mol. The Morgan fingerprint density at radius 1 is 0.975 bits per heavy atom. The minimum absolute atomic E-state index is 0.000428. The van der Waals surface area contributed by atoms with Crippen LogP contribution in [0.1, 0.15) is 32.8 Å². The number of methoxy groups -OCH3 is 1. The van der Waals surface area contributed by atoms with E-state index < -0.39 is 28.5 Å². The topological polar surface area (TPSA) is 96.0 Å². The maximum atomic E-state index is 14.0. The van der Waals surface area contributed by atoms with E-state index in [-0.39, 0.29) is 29.1 Å². The molecule has 2 atom stereocenters. The van der Waals surface area contributed by atoms with E-state index in [4.69, 9.17) is 27.9 Å². The molecule has 3 rings (SSSR count). The Morgan fingerprint density at radius 2 is 1.65 bits per heavy atom. The van der Waals surface area contributed by atoms with E-state index in [1.807, 2.05) is 13.8 Å². The normalized spacial score (nSPS) is 12.8. The van der Waals surface area contributed by atoms with E-state index in [0.717, 1.165) is 4.31 Å². The summed E-state index contributed by atoms with van der Waals surface area (Å²) in [6.45, 7) is 4.83. The van der Waals surface area contributed by atoms with E-state index >= 15 is 0 Å². The van der Waals surface area contributed by atoms with Gasteiger partial charge in [-0.25, -0.2) is 8.42 Å². The first-order chi connectivity index (χ1) is 19.0. The second kappa shape index (κ2) is 13.9. The lowest BCUT2D eigenvalue weighted by Gasteiger charge is -2.32. The van der Waals surface area contributed by atoms with E-state index in [1.165, 1.54) is 42.3 Å². The number of sulfonamides is 1. The van der Waals surface area contributed by atoms with Gasteiger partial charge in [0.25, 0.3) is 10.0 Å². The smallest absolute Gasteiger partial charge is 0.264 e. The third-order valence-corrected chi connectivity index (χ3v) is 8.88. The zero-order valence-electron chi connectivity index (χ0n) is 22.8. The Morgan fingerprint density at radius 3 is 2.25 bits per heavy atom. The van der Waals surface area contributed by atoms with E-state index in [0.29, 0.717) is 27.8 Å². The number of nitrogens with zero attached hydrogens (tertiary/aromatic N) is 2. The Labute approximate surface area is 245 Å². The Hall–Kier alpha value is -3.27. The van der Waals surface area contributed by atoms with Crippen molar-refractivity contribution < 1.29 is 22.7 Å². The third kappa shape index (κ3) is 7.68. The van der Waals surface area contributed by atoms with Crippen molar-refractivity contribution in [3.8, 4) is 5.75 Å². The van der Waals surface area contributed by atoms with Crippen molar-refractivity contribution in [2.24, 2.45) is 0 Å². The van der Waals surface area contributed by atoms with Gasteiger partial charge in [0, 0.05) is 22.6 Å². The number of carbonyl (C=O) groups is 2. The quantitative estimate of drug-likeness (QED) is 0.293. The van der Waals surface area contributed by atoms with Crippen molar-refractivity contribution in [1.29, 1.82) is 0 Å². The molecule has 0 radical (unpaired) electrons. The van der Waals surface area contributed by atoms with Crippen LogP contribution in [0.15, 0.2) is 77.7 Å². The highest BCUT2D eigenvalue weighted by molar-refractivity contribution is 7.92. The first-order valence-electron chi connectivity index (χ1n) is 12.7. The van der Waals surface area contributed by atoms with Crippen LogP contribution in [0.4, 0.5) is 5.69 Å². The maximum absolute atomic E-state index is 14.0. The van der Waals surface area contributed by atoms with Crippen LogP contribution in [0.3, 0.4) is 0 Å². The first-order valence-corrected chi connectivity index (χ1v) is 14.9. The van der Waals surface area contributed by atoms with Gasteiger partial charge in [-0.05, 0) is 74.4 Å². The van der Waals surface area contributed by atoms with Gasteiger partial charge in [0.15, 0.2) is 0 Å². The molecule has 0 saturated carbocycles. The van der Waals surface area contributed by atoms with Gasteiger partial charge in [0.1, 0.15) is 18.3 Å². The van der Waals surface area contributed by atoms with Crippen molar-refractivity contribution in [2.45, 2.75) is 50.7 Å². The SMILES string of the molecule is CCC(C)NC(=O)C(C)N(Cc1ccccc1Cl)C(=O)CN(c1cccc(Cl)c1)S(=O)(=O)c1ccc(OC)cc1. The fraction of sp³-hybridized carbons (Fsp3) is 0.310. The van der Waals surface area contributed by atoms with Crippen molar-refractivity contribution >= 4 is 50.7 Å². The Balaban J connectivity index is 2.04. The molecule has 0 aliphatic heterocycles. The fourth-order valence-corrected chi connectivity index (χ4v) is 5.68. The fourth-order valence-electron chi connectivity index (χ4n) is 3.89. The molecule has 0 aromatic heterocycles. The molecule has 0 saturated heterocycles. The highest BCUT2D eigenvalue weighted by Gasteiger charge is 2.33. The molecule has 11 heteroatoms. The summed E-state index contributed by atoms with van der Waals surface area (Å²) >= 11 is 12.6. The third-order valence-electron chi connectivity index (χ3n) is 6.49. The van der Waals surface area contributed by atoms with Crippen LogP contribution >= 0.6 is 23.2 Å². The molecule has 214 valence electrons. The van der Waals surface area contributed by atoms with Gasteiger partial charge in [0.2, 0.25) is 11.8 Å². The molecular formula is C29H33Cl2N3O5S. The highest BCUT2D eigenvalue weighted by Crippen LogP contribution is 2.28. The van der Waals surface area contributed by atoms with Crippen molar-refractivity contribution in [2.75, 3.05) is 18.0 Å². The number of hydrogen-bond acceptors (Lipinski definition) is 5. The summed E-state index contributed by atoms with van der Waals surface area (Å²) in [4.78, 5) is 28.4. The number of carbonyl (C=O) groups excluding carboxylic acids is 2. The predicted octanol–water partition coefficient (Wildman–Crippen LogP) is 5.53. The summed E-state index contributed by atoms with van der Waals surface area (Å²) in [6, 6.07) is 18.0. The van der Waals surface area contributed by atoms with Gasteiger partial charge < -0.3 is 15.0 Å². The molecule has 0 heterocycles. The summed E-state index contributed by atoms with van der Waals surface area (Å²) in [5.74, 6) is -0.470. The number of halogens is 2. The second-order valence-electron chi connectivity index (χ2n) is 9.27. The van der Waals surface area contributed by atoms with Gasteiger partial charge in [-0.1, -0.05) is 54.4 Å². The molecule has 0 aliphatic carbocycles. The molecule has 2 amide bonds. The number of rotatable bonds is 12. The monoisotopic (exact) mass is 605 g/mol. The molecule has 8 nitrogen and oxygen atoms in total. The maximum Gasteiger partial charge on any atom is 0.264 e. The van der Waals surface area contributed by atoms with Gasteiger partial charge in [0.05, 0.1) is 17.7 Å². The average Bonchev–Trinajstić information content (AvgIpc) is 2.94. The number of benzene rings is 3. The summed E-state index contributed by atoms with van der Waals surface area (Å²) in [5, 5.41) is 3.62. The minimum atomic E-state index is -4.23. The zero-order chi connectivity index (χ0) is 29.4. The van der Waals surface area contributed by atoms with Crippen LogP contribution in [0, 0.1) is 0 Å². The van der Waals surface area contributed by atoms with Crippen molar-refractivity contribution in [3.05, 3.63) is 88.4 Å². The summed E-state index contributed by atoms with van der Waals surface area (Å²) in [7, 11) is -2.75. The van der Waals surface area contributed by atoms with Crippen molar-refractivity contribution in [1.82, 2.24) is 10.2 Å². The molecule has 0 bridgehead atoms. The summed E-state index contributed by atoms with van der Waals surface area (Å²) in [6.07, 6.45) is 0.708. The molecule has 0 fully saturated rings. The molecule has 1 N–H and O–H groups in total. The van der Waals surface area contributed by atoms with Gasteiger partial charge in [-0.2, -0.15) is 0 Å². The summed E-state index contributed by atoms with van der Waals surface area (Å²) < 4.78 is 33.9. The molecule has 2 unspecified atom stereocenters. The summed E-state index contributed by atoms with van der Waals surface area (Å²) in [5.41, 5.74) is 0.819. The lowest BCUT2D eigenvalue weighted by Crippen LogP contribution is -2.52. The van der Waals surface area contributed by atoms with Crippen LogP contribution < -0.4 is 14.4 Å². The number of nitrogens with one attached hydrogen (secondary N) is 1. The van der Waals surface area contributed by atoms with E-state index in [1.54, 1.807) is 49.4 Å². The number of anilines is 1. The molecule has 0 aliphatic rings. The van der Waals surface area contributed by atoms with E-state index in [9.17, 15) is 18.0 Å². The standard InChI is InChI=1S/C29H33Cl2N3O5S/c1-5-20(2)32-29(36)21(3)33(18-22-9-6-7-12-27(22)31)28(35)19-34(24-11-8-10-23(30)17-24)40(37,38)26-15-13-25(39-4)14-16-26/h6-17,20-21H,5,18-19H2,1-4H3,(H,32,36).